The van der Waals surface area contributed by atoms with Crippen LogP contribution in [0.1, 0.15) is 27.6 Å². The van der Waals surface area contributed by atoms with Gasteiger partial charge in [-0.1, -0.05) is 53.2 Å². The minimum Gasteiger partial charge on any atom is -0.272 e. The van der Waals surface area contributed by atoms with Crippen molar-refractivity contribution in [1.29, 1.82) is 0 Å². The zero-order valence-electron chi connectivity index (χ0n) is 12.9. The highest BCUT2D eigenvalue weighted by Crippen LogP contribution is 2.41. The van der Waals surface area contributed by atoms with E-state index in [2.05, 4.69) is 41.3 Å². The van der Waals surface area contributed by atoms with Crippen molar-refractivity contribution in [1.82, 2.24) is 14.8 Å². The summed E-state index contributed by atoms with van der Waals surface area (Å²) in [5.41, 5.74) is 3.20. The normalized spacial score (nSPS) is 16.9. The summed E-state index contributed by atoms with van der Waals surface area (Å²) in [6, 6.07) is 15.6. The van der Waals surface area contributed by atoms with Gasteiger partial charge in [0.05, 0.1) is 0 Å². The molecule has 0 radical (unpaired) electrons. The maximum atomic E-state index is 12.5. The Balaban J connectivity index is 1.66. The lowest BCUT2D eigenvalue weighted by molar-refractivity contribution is 0.0868. The maximum Gasteiger partial charge on any atom is 0.250 e. The first-order valence-electron chi connectivity index (χ1n) is 7.59. The molecule has 4 nitrogen and oxygen atoms in total. The van der Waals surface area contributed by atoms with Crippen LogP contribution in [-0.4, -0.2) is 20.7 Å². The third-order valence-electron chi connectivity index (χ3n) is 3.97. The molecule has 0 fully saturated rings. The average Bonchev–Trinajstić information content (AvgIpc) is 3.01. The van der Waals surface area contributed by atoms with Gasteiger partial charge in [0.25, 0.3) is 5.91 Å². The molecule has 1 aliphatic rings. The lowest BCUT2D eigenvalue weighted by Crippen LogP contribution is -2.20. The van der Waals surface area contributed by atoms with Crippen molar-refractivity contribution in [2.45, 2.75) is 23.8 Å². The van der Waals surface area contributed by atoms with E-state index in [-0.39, 0.29) is 11.2 Å². The maximum absolute atomic E-state index is 12.5. The Morgan fingerprint density at radius 1 is 1.12 bits per heavy atom. The first kappa shape index (κ1) is 15.4. The van der Waals surface area contributed by atoms with Crippen LogP contribution in [0.25, 0.3) is 11.4 Å². The molecule has 120 valence electrons. The molecule has 0 bridgehead atoms. The van der Waals surface area contributed by atoms with Gasteiger partial charge in [0, 0.05) is 22.3 Å². The molecule has 0 saturated heterocycles. The van der Waals surface area contributed by atoms with Gasteiger partial charge in [-0.3, -0.25) is 4.79 Å². The van der Waals surface area contributed by atoms with Crippen molar-refractivity contribution in [3.05, 3.63) is 64.7 Å². The van der Waals surface area contributed by atoms with Crippen LogP contribution in [0.5, 0.6) is 0 Å². The Hall–Kier alpha value is -2.11. The van der Waals surface area contributed by atoms with Gasteiger partial charge in [-0.2, -0.15) is 4.68 Å². The second-order valence-corrected chi connectivity index (χ2v) is 7.36. The Bertz CT molecular complexity index is 903. The molecule has 24 heavy (non-hydrogen) atoms. The number of hydrogen-bond acceptors (Lipinski definition) is 4. The predicted molar refractivity (Wildman–Crippen MR) is 95.5 cm³/mol. The number of thioether (sulfide) groups is 1. The van der Waals surface area contributed by atoms with Crippen molar-refractivity contribution in [3.63, 3.8) is 0 Å². The molecule has 1 atom stereocenters. The summed E-state index contributed by atoms with van der Waals surface area (Å²) in [5, 5.41) is 5.74. The van der Waals surface area contributed by atoms with Crippen molar-refractivity contribution in [2.75, 3.05) is 0 Å². The third kappa shape index (κ3) is 2.85. The van der Waals surface area contributed by atoms with E-state index in [4.69, 9.17) is 11.6 Å². The van der Waals surface area contributed by atoms with Crippen molar-refractivity contribution in [2.24, 2.45) is 0 Å². The largest absolute Gasteiger partial charge is 0.272 e. The molecule has 0 saturated carbocycles. The topological polar surface area (TPSA) is 47.8 Å². The fraction of sp³-hybridized carbons (Fsp3) is 0.167. The second-order valence-electron chi connectivity index (χ2n) is 5.75. The average molecular weight is 356 g/mol. The van der Waals surface area contributed by atoms with E-state index in [1.807, 2.05) is 12.1 Å². The quantitative estimate of drug-likeness (QED) is 0.663. The van der Waals surface area contributed by atoms with E-state index in [0.29, 0.717) is 22.4 Å². The summed E-state index contributed by atoms with van der Waals surface area (Å²) in [6.07, 6.45) is 0.421. The molecule has 0 aliphatic carbocycles. The molecular weight excluding hydrogens is 342 g/mol. The van der Waals surface area contributed by atoms with Crippen LogP contribution in [0, 0.1) is 6.92 Å². The number of aryl methyl sites for hydroxylation is 1. The Labute approximate surface area is 148 Å². The Morgan fingerprint density at radius 3 is 2.54 bits per heavy atom. The number of halogens is 1. The van der Waals surface area contributed by atoms with Gasteiger partial charge in [0.15, 0.2) is 11.0 Å². The Kier molecular flexibility index (Phi) is 3.90. The van der Waals surface area contributed by atoms with Crippen molar-refractivity contribution in [3.8, 4) is 11.4 Å². The summed E-state index contributed by atoms with van der Waals surface area (Å²) in [7, 11) is 0. The number of nitrogens with zero attached hydrogens (tertiary/aromatic N) is 3. The number of aromatic nitrogens is 3. The SMILES string of the molecule is Cc1ccc([C@H]2CC(=O)n3nc(-c4ccc(Cl)cc4)nc3S2)cc1. The highest BCUT2D eigenvalue weighted by atomic mass is 35.5. The molecule has 0 N–H and O–H groups in total. The van der Waals surface area contributed by atoms with E-state index in [1.165, 1.54) is 10.2 Å². The smallest absolute Gasteiger partial charge is 0.250 e. The van der Waals surface area contributed by atoms with Gasteiger partial charge in [-0.15, -0.1) is 5.10 Å². The van der Waals surface area contributed by atoms with Gasteiger partial charge in [-0.05, 0) is 36.8 Å². The van der Waals surface area contributed by atoms with Gasteiger partial charge in [0.2, 0.25) is 0 Å². The number of hydrogen-bond donors (Lipinski definition) is 0. The second kappa shape index (κ2) is 6.07. The molecule has 0 unspecified atom stereocenters. The van der Waals surface area contributed by atoms with E-state index in [0.717, 1.165) is 11.1 Å². The highest BCUT2D eigenvalue weighted by Gasteiger charge is 2.30. The molecule has 1 aromatic heterocycles. The molecule has 2 aromatic carbocycles. The number of fused-ring (bicyclic) bond motifs is 1. The van der Waals surface area contributed by atoms with Crippen LogP contribution in [-0.2, 0) is 0 Å². The molecule has 2 heterocycles. The monoisotopic (exact) mass is 355 g/mol. The van der Waals surface area contributed by atoms with Crippen molar-refractivity contribution < 1.29 is 4.79 Å². The zero-order chi connectivity index (χ0) is 16.7. The van der Waals surface area contributed by atoms with E-state index >= 15 is 0 Å². The van der Waals surface area contributed by atoms with Gasteiger partial charge < -0.3 is 0 Å². The number of rotatable bonds is 2. The highest BCUT2D eigenvalue weighted by molar-refractivity contribution is 7.99. The fourth-order valence-electron chi connectivity index (χ4n) is 2.64. The first-order valence-corrected chi connectivity index (χ1v) is 8.85. The van der Waals surface area contributed by atoms with Crippen LogP contribution >= 0.6 is 23.4 Å². The molecule has 1 aliphatic heterocycles. The van der Waals surface area contributed by atoms with Crippen LogP contribution in [0.4, 0.5) is 0 Å². The van der Waals surface area contributed by atoms with Crippen LogP contribution in [0.15, 0.2) is 53.7 Å². The summed E-state index contributed by atoms with van der Waals surface area (Å²) < 4.78 is 1.42. The fourth-order valence-corrected chi connectivity index (χ4v) is 3.92. The predicted octanol–water partition coefficient (Wildman–Crippen LogP) is 4.78. The van der Waals surface area contributed by atoms with Crippen LogP contribution in [0.2, 0.25) is 5.02 Å². The van der Waals surface area contributed by atoms with Crippen LogP contribution < -0.4 is 0 Å². The number of carbonyl (C=O) groups is 1. The summed E-state index contributed by atoms with van der Waals surface area (Å²) in [6.45, 7) is 2.05. The van der Waals surface area contributed by atoms with Crippen molar-refractivity contribution >= 4 is 29.3 Å². The van der Waals surface area contributed by atoms with E-state index < -0.39 is 0 Å². The van der Waals surface area contributed by atoms with Crippen LogP contribution in [0.3, 0.4) is 0 Å². The Morgan fingerprint density at radius 2 is 1.83 bits per heavy atom. The molecule has 0 amide bonds. The lowest BCUT2D eigenvalue weighted by Gasteiger charge is -2.20. The minimum absolute atomic E-state index is 0.0259. The molecule has 4 rings (SSSR count). The molecule has 6 heteroatoms. The van der Waals surface area contributed by atoms with E-state index in [9.17, 15) is 4.79 Å². The standard InChI is InChI=1S/C18H14ClN3OS/c1-11-2-4-12(5-3-11)15-10-16(23)22-18(24-15)20-17(21-22)13-6-8-14(19)9-7-13/h2-9,15H,10H2,1H3/t15-/m1/s1. The number of benzene rings is 2. The third-order valence-corrected chi connectivity index (χ3v) is 5.42. The van der Waals surface area contributed by atoms with Gasteiger partial charge in [0.1, 0.15) is 0 Å². The van der Waals surface area contributed by atoms with Gasteiger partial charge in [-0.25, -0.2) is 4.98 Å². The zero-order valence-corrected chi connectivity index (χ0v) is 14.5. The molecular formula is C18H14ClN3OS. The lowest BCUT2D eigenvalue weighted by atomic mass is 10.1. The minimum atomic E-state index is -0.0259. The molecule has 0 spiro atoms. The number of carbonyl (C=O) groups excluding carboxylic acids is 1. The molecule has 3 aromatic rings. The summed E-state index contributed by atoms with van der Waals surface area (Å²) in [5.74, 6) is 0.522. The van der Waals surface area contributed by atoms with Gasteiger partial charge >= 0.3 is 0 Å². The summed E-state index contributed by atoms with van der Waals surface area (Å²) >= 11 is 7.50. The van der Waals surface area contributed by atoms with E-state index in [1.54, 1.807) is 23.9 Å². The first-order chi connectivity index (χ1) is 11.6. The summed E-state index contributed by atoms with van der Waals surface area (Å²) in [4.78, 5) is 17.0.